The van der Waals surface area contributed by atoms with E-state index < -0.39 is 0 Å². The second-order valence-electron chi connectivity index (χ2n) is 6.60. The molecule has 2 nitrogen and oxygen atoms in total. The summed E-state index contributed by atoms with van der Waals surface area (Å²) in [5, 5.41) is 10.6. The van der Waals surface area contributed by atoms with E-state index in [1.54, 1.807) is 6.08 Å². The number of carbonyl (C=O) groups excluding carboxylic acids is 1. The molecule has 1 aromatic rings. The zero-order valence-electron chi connectivity index (χ0n) is 13.0. The molecule has 0 bridgehead atoms. The Bertz CT molecular complexity index is 674. The lowest BCUT2D eigenvalue weighted by Gasteiger charge is -2.48. The Morgan fingerprint density at radius 3 is 2.91 bits per heavy atom. The molecule has 0 saturated heterocycles. The lowest BCUT2D eigenvalue weighted by molar-refractivity contribution is -0.113. The van der Waals surface area contributed by atoms with Gasteiger partial charge in [-0.25, -0.2) is 0 Å². The second-order valence-corrected chi connectivity index (χ2v) is 7.52. The molecule has 1 fully saturated rings. The maximum atomic E-state index is 12.6. The van der Waals surface area contributed by atoms with Crippen LogP contribution in [0.15, 0.2) is 46.0 Å². The standard InChI is InChI=1S/C19H21BrO2/c1-12-16(10-13-5-3-7-15(20)9-13)17(21)11-14-6-4-8-18(22)19(12,14)2/h3,5,7,9-12,18,22H,4,6,8H2,1-2H3/b16-10+/t12-,18-,19-/m0/s1. The van der Waals surface area contributed by atoms with E-state index in [2.05, 4.69) is 29.8 Å². The Kier molecular flexibility index (Phi) is 4.13. The van der Waals surface area contributed by atoms with Gasteiger partial charge in [0.05, 0.1) is 6.10 Å². The number of rotatable bonds is 1. The minimum atomic E-state index is -0.374. The highest BCUT2D eigenvalue weighted by Crippen LogP contribution is 2.51. The zero-order valence-corrected chi connectivity index (χ0v) is 14.6. The molecular weight excluding hydrogens is 340 g/mol. The molecule has 2 aliphatic rings. The lowest BCUT2D eigenvalue weighted by atomic mass is 9.57. The molecule has 0 radical (unpaired) electrons. The van der Waals surface area contributed by atoms with Crippen molar-refractivity contribution in [3.8, 4) is 0 Å². The summed E-state index contributed by atoms with van der Waals surface area (Å²) in [6.07, 6.45) is 6.07. The molecule has 22 heavy (non-hydrogen) atoms. The van der Waals surface area contributed by atoms with Gasteiger partial charge in [0.25, 0.3) is 0 Å². The fourth-order valence-corrected chi connectivity index (χ4v) is 4.23. The summed E-state index contributed by atoms with van der Waals surface area (Å²) in [5.41, 5.74) is 2.61. The molecule has 0 aliphatic heterocycles. The number of aliphatic hydroxyl groups excluding tert-OH is 1. The molecule has 1 N–H and O–H groups in total. The van der Waals surface area contributed by atoms with Crippen LogP contribution in [0.4, 0.5) is 0 Å². The number of halogens is 1. The van der Waals surface area contributed by atoms with Crippen molar-refractivity contribution in [2.24, 2.45) is 11.3 Å². The largest absolute Gasteiger partial charge is 0.392 e. The van der Waals surface area contributed by atoms with Crippen molar-refractivity contribution in [3.63, 3.8) is 0 Å². The van der Waals surface area contributed by atoms with E-state index in [9.17, 15) is 9.90 Å². The van der Waals surface area contributed by atoms with E-state index in [1.165, 1.54) is 0 Å². The van der Waals surface area contributed by atoms with Gasteiger partial charge >= 0.3 is 0 Å². The van der Waals surface area contributed by atoms with Crippen LogP contribution in [0.2, 0.25) is 0 Å². The smallest absolute Gasteiger partial charge is 0.182 e. The van der Waals surface area contributed by atoms with Crippen molar-refractivity contribution >= 4 is 27.8 Å². The van der Waals surface area contributed by atoms with Crippen molar-refractivity contribution in [1.82, 2.24) is 0 Å². The first-order chi connectivity index (χ1) is 10.4. The van der Waals surface area contributed by atoms with Gasteiger partial charge in [0, 0.05) is 15.5 Å². The maximum absolute atomic E-state index is 12.6. The Morgan fingerprint density at radius 1 is 1.41 bits per heavy atom. The summed E-state index contributed by atoms with van der Waals surface area (Å²) in [4.78, 5) is 12.6. The number of ketones is 1. The number of allylic oxidation sites excluding steroid dienone is 2. The molecule has 3 atom stereocenters. The molecule has 0 aromatic heterocycles. The van der Waals surface area contributed by atoms with Gasteiger partial charge in [-0.05, 0) is 55.0 Å². The summed E-state index contributed by atoms with van der Waals surface area (Å²) >= 11 is 3.47. The van der Waals surface area contributed by atoms with Crippen LogP contribution in [0.3, 0.4) is 0 Å². The van der Waals surface area contributed by atoms with E-state index in [4.69, 9.17) is 0 Å². The number of hydrogen-bond acceptors (Lipinski definition) is 2. The Balaban J connectivity index is 2.06. The summed E-state index contributed by atoms with van der Waals surface area (Å²) in [6.45, 7) is 4.18. The van der Waals surface area contributed by atoms with Crippen molar-refractivity contribution in [3.05, 3.63) is 51.5 Å². The molecular formula is C19H21BrO2. The van der Waals surface area contributed by atoms with Gasteiger partial charge in [0.1, 0.15) is 0 Å². The monoisotopic (exact) mass is 360 g/mol. The normalized spacial score (nSPS) is 33.5. The van der Waals surface area contributed by atoms with E-state index in [-0.39, 0.29) is 23.2 Å². The fraction of sp³-hybridized carbons (Fsp3) is 0.421. The highest BCUT2D eigenvalue weighted by Gasteiger charge is 2.48. The van der Waals surface area contributed by atoms with Gasteiger partial charge in [0.2, 0.25) is 0 Å². The summed E-state index contributed by atoms with van der Waals surface area (Å²) in [7, 11) is 0. The molecule has 0 heterocycles. The Hall–Kier alpha value is -1.19. The van der Waals surface area contributed by atoms with E-state index in [0.717, 1.165) is 40.4 Å². The summed E-state index contributed by atoms with van der Waals surface area (Å²) in [5.74, 6) is 0.114. The third-order valence-electron chi connectivity index (χ3n) is 5.43. The quantitative estimate of drug-likeness (QED) is 0.747. The summed E-state index contributed by atoms with van der Waals surface area (Å²) in [6, 6.07) is 7.94. The molecule has 0 amide bonds. The third-order valence-corrected chi connectivity index (χ3v) is 5.93. The maximum Gasteiger partial charge on any atom is 0.182 e. The van der Waals surface area contributed by atoms with E-state index in [1.807, 2.05) is 30.3 Å². The van der Waals surface area contributed by atoms with Crippen LogP contribution in [0.1, 0.15) is 38.7 Å². The molecule has 2 aliphatic carbocycles. The number of benzene rings is 1. The molecule has 0 spiro atoms. The van der Waals surface area contributed by atoms with E-state index >= 15 is 0 Å². The van der Waals surface area contributed by atoms with Crippen molar-refractivity contribution in [2.75, 3.05) is 0 Å². The van der Waals surface area contributed by atoms with Gasteiger partial charge in [-0.1, -0.05) is 47.5 Å². The first-order valence-corrected chi connectivity index (χ1v) is 8.63. The highest BCUT2D eigenvalue weighted by molar-refractivity contribution is 9.10. The minimum absolute atomic E-state index is 0.0225. The van der Waals surface area contributed by atoms with Gasteiger partial charge in [-0.3, -0.25) is 4.79 Å². The lowest BCUT2D eigenvalue weighted by Crippen LogP contribution is -2.46. The molecule has 1 saturated carbocycles. The summed E-state index contributed by atoms with van der Waals surface area (Å²) < 4.78 is 0.998. The third kappa shape index (κ3) is 2.50. The van der Waals surface area contributed by atoms with Crippen LogP contribution in [0, 0.1) is 11.3 Å². The molecule has 3 heteroatoms. The van der Waals surface area contributed by atoms with Crippen LogP contribution in [-0.4, -0.2) is 17.0 Å². The number of fused-ring (bicyclic) bond motifs is 1. The SMILES string of the molecule is C[C@H]1/C(=C\c2cccc(Br)c2)C(=O)C=C2CCC[C@H](O)[C@]21C. The Labute approximate surface area is 140 Å². The molecule has 3 rings (SSSR count). The van der Waals surface area contributed by atoms with Gasteiger partial charge in [-0.2, -0.15) is 0 Å². The predicted molar refractivity (Wildman–Crippen MR) is 92.3 cm³/mol. The number of carbonyl (C=O) groups is 1. The topological polar surface area (TPSA) is 37.3 Å². The zero-order chi connectivity index (χ0) is 15.9. The predicted octanol–water partition coefficient (Wildman–Crippen LogP) is 4.53. The van der Waals surface area contributed by atoms with Crippen LogP contribution in [-0.2, 0) is 4.79 Å². The molecule has 0 unspecified atom stereocenters. The number of aliphatic hydroxyl groups is 1. The van der Waals surface area contributed by atoms with Crippen LogP contribution in [0.5, 0.6) is 0 Å². The average molecular weight is 361 g/mol. The van der Waals surface area contributed by atoms with Gasteiger partial charge in [0.15, 0.2) is 5.78 Å². The highest BCUT2D eigenvalue weighted by atomic mass is 79.9. The number of hydrogen-bond donors (Lipinski definition) is 1. The van der Waals surface area contributed by atoms with Gasteiger partial charge < -0.3 is 5.11 Å². The van der Waals surface area contributed by atoms with Crippen molar-refractivity contribution in [1.29, 1.82) is 0 Å². The fourth-order valence-electron chi connectivity index (χ4n) is 3.81. The first kappa shape index (κ1) is 15.7. The Morgan fingerprint density at radius 2 is 2.18 bits per heavy atom. The first-order valence-electron chi connectivity index (χ1n) is 7.83. The second kappa shape index (κ2) is 5.78. The van der Waals surface area contributed by atoms with Crippen molar-refractivity contribution in [2.45, 2.75) is 39.2 Å². The molecule has 116 valence electrons. The van der Waals surface area contributed by atoms with Crippen LogP contribution in [0.25, 0.3) is 6.08 Å². The van der Waals surface area contributed by atoms with Crippen LogP contribution < -0.4 is 0 Å². The van der Waals surface area contributed by atoms with Crippen LogP contribution >= 0.6 is 15.9 Å². The molecule has 1 aromatic carbocycles. The van der Waals surface area contributed by atoms with Gasteiger partial charge in [-0.15, -0.1) is 0 Å². The van der Waals surface area contributed by atoms with Crippen molar-refractivity contribution < 1.29 is 9.90 Å². The van der Waals surface area contributed by atoms with E-state index in [0.29, 0.717) is 0 Å². The average Bonchev–Trinajstić information content (AvgIpc) is 2.47. The minimum Gasteiger partial charge on any atom is -0.392 e.